The SMILES string of the molecule is CCOc1cccc(Oc2ccc(CNC(=O)c3ccc(F)nc3N)cc2)c1. The molecular weight excluding hydrogens is 361 g/mol. The molecule has 3 rings (SSSR count). The maximum atomic E-state index is 13.0. The summed E-state index contributed by atoms with van der Waals surface area (Å²) in [6, 6.07) is 17.1. The Labute approximate surface area is 162 Å². The number of pyridine rings is 1. The molecule has 28 heavy (non-hydrogen) atoms. The van der Waals surface area contributed by atoms with Gasteiger partial charge in [-0.25, -0.2) is 4.98 Å². The minimum Gasteiger partial charge on any atom is -0.494 e. The first-order valence-electron chi connectivity index (χ1n) is 8.75. The van der Waals surface area contributed by atoms with Gasteiger partial charge < -0.3 is 20.5 Å². The van der Waals surface area contributed by atoms with Gasteiger partial charge in [-0.05, 0) is 48.9 Å². The molecule has 0 saturated heterocycles. The molecular formula is C21H20FN3O3. The zero-order valence-corrected chi connectivity index (χ0v) is 15.3. The largest absolute Gasteiger partial charge is 0.494 e. The molecule has 2 aromatic carbocycles. The maximum absolute atomic E-state index is 13.0. The zero-order chi connectivity index (χ0) is 19.9. The molecule has 0 spiro atoms. The van der Waals surface area contributed by atoms with Gasteiger partial charge in [-0.3, -0.25) is 4.79 Å². The Kier molecular flexibility index (Phi) is 6.06. The van der Waals surface area contributed by atoms with Gasteiger partial charge in [0.15, 0.2) is 0 Å². The Morgan fingerprint density at radius 1 is 1.07 bits per heavy atom. The average Bonchev–Trinajstić information content (AvgIpc) is 2.68. The number of amides is 1. The molecule has 6 nitrogen and oxygen atoms in total. The topological polar surface area (TPSA) is 86.5 Å². The number of carbonyl (C=O) groups is 1. The second-order valence-electron chi connectivity index (χ2n) is 5.90. The smallest absolute Gasteiger partial charge is 0.255 e. The molecule has 144 valence electrons. The van der Waals surface area contributed by atoms with Crippen molar-refractivity contribution < 1.29 is 18.7 Å². The van der Waals surface area contributed by atoms with E-state index in [1.807, 2.05) is 55.5 Å². The van der Waals surface area contributed by atoms with Crippen LogP contribution in [0.5, 0.6) is 17.2 Å². The van der Waals surface area contributed by atoms with Crippen molar-refractivity contribution in [3.8, 4) is 17.2 Å². The molecule has 0 fully saturated rings. The lowest BCUT2D eigenvalue weighted by atomic mass is 10.2. The van der Waals surface area contributed by atoms with Crippen LogP contribution < -0.4 is 20.5 Å². The van der Waals surface area contributed by atoms with Gasteiger partial charge in [0, 0.05) is 12.6 Å². The van der Waals surface area contributed by atoms with Gasteiger partial charge in [-0.2, -0.15) is 4.39 Å². The van der Waals surface area contributed by atoms with Crippen LogP contribution in [0, 0.1) is 5.95 Å². The second-order valence-corrected chi connectivity index (χ2v) is 5.90. The predicted octanol–water partition coefficient (Wildman–Crippen LogP) is 3.92. The van der Waals surface area contributed by atoms with Crippen LogP contribution in [0.3, 0.4) is 0 Å². The van der Waals surface area contributed by atoms with Crippen molar-refractivity contribution in [3.05, 3.63) is 77.7 Å². The third-order valence-corrected chi connectivity index (χ3v) is 3.86. The molecule has 3 N–H and O–H groups in total. The van der Waals surface area contributed by atoms with Gasteiger partial charge in [0.2, 0.25) is 5.95 Å². The lowest BCUT2D eigenvalue weighted by Crippen LogP contribution is -2.24. The monoisotopic (exact) mass is 381 g/mol. The van der Waals surface area contributed by atoms with E-state index in [0.29, 0.717) is 18.1 Å². The van der Waals surface area contributed by atoms with Gasteiger partial charge in [-0.1, -0.05) is 18.2 Å². The summed E-state index contributed by atoms with van der Waals surface area (Å²) in [5, 5.41) is 2.73. The first-order valence-corrected chi connectivity index (χ1v) is 8.75. The molecule has 1 amide bonds. The van der Waals surface area contributed by atoms with Crippen LogP contribution in [0.25, 0.3) is 0 Å². The fourth-order valence-corrected chi connectivity index (χ4v) is 2.53. The first kappa shape index (κ1) is 19.2. The molecule has 0 saturated carbocycles. The number of hydrogen-bond donors (Lipinski definition) is 2. The van der Waals surface area contributed by atoms with Gasteiger partial charge in [-0.15, -0.1) is 0 Å². The van der Waals surface area contributed by atoms with E-state index in [-0.39, 0.29) is 17.9 Å². The summed E-state index contributed by atoms with van der Waals surface area (Å²) in [4.78, 5) is 15.6. The molecule has 0 bridgehead atoms. The normalized spacial score (nSPS) is 10.4. The summed E-state index contributed by atoms with van der Waals surface area (Å²) >= 11 is 0. The van der Waals surface area contributed by atoms with E-state index >= 15 is 0 Å². The summed E-state index contributed by atoms with van der Waals surface area (Å²) in [6.07, 6.45) is 0. The van der Waals surface area contributed by atoms with Crippen LogP contribution in [0.4, 0.5) is 10.2 Å². The Balaban J connectivity index is 1.58. The Bertz CT molecular complexity index is 961. The quantitative estimate of drug-likeness (QED) is 0.606. The minimum absolute atomic E-state index is 0.135. The summed E-state index contributed by atoms with van der Waals surface area (Å²) in [5.74, 6) is 0.793. The van der Waals surface area contributed by atoms with E-state index in [1.165, 1.54) is 6.07 Å². The minimum atomic E-state index is -0.726. The highest BCUT2D eigenvalue weighted by Crippen LogP contribution is 2.25. The molecule has 0 atom stereocenters. The van der Waals surface area contributed by atoms with E-state index in [2.05, 4.69) is 10.3 Å². The summed E-state index contributed by atoms with van der Waals surface area (Å²) in [5.41, 5.74) is 6.58. The highest BCUT2D eigenvalue weighted by molar-refractivity contribution is 5.98. The molecule has 1 aromatic heterocycles. The van der Waals surface area contributed by atoms with Crippen molar-refractivity contribution in [2.45, 2.75) is 13.5 Å². The number of hydrogen-bond acceptors (Lipinski definition) is 5. The van der Waals surface area contributed by atoms with Crippen molar-refractivity contribution in [3.63, 3.8) is 0 Å². The van der Waals surface area contributed by atoms with Crippen molar-refractivity contribution in [1.82, 2.24) is 10.3 Å². The molecule has 0 aliphatic heterocycles. The number of aromatic nitrogens is 1. The number of rotatable bonds is 7. The van der Waals surface area contributed by atoms with Crippen LogP contribution in [0.2, 0.25) is 0 Å². The Hall–Kier alpha value is -3.61. The third kappa shape index (κ3) is 4.97. The van der Waals surface area contributed by atoms with Crippen LogP contribution in [-0.4, -0.2) is 17.5 Å². The van der Waals surface area contributed by atoms with E-state index in [9.17, 15) is 9.18 Å². The van der Waals surface area contributed by atoms with Gasteiger partial charge in [0.05, 0.1) is 12.2 Å². The number of anilines is 1. The highest BCUT2D eigenvalue weighted by Gasteiger charge is 2.11. The predicted molar refractivity (Wildman–Crippen MR) is 104 cm³/mol. The molecule has 7 heteroatoms. The number of ether oxygens (including phenoxy) is 2. The second kappa shape index (κ2) is 8.85. The molecule has 1 heterocycles. The number of carbonyl (C=O) groups excluding carboxylic acids is 1. The summed E-state index contributed by atoms with van der Waals surface area (Å²) in [6.45, 7) is 2.80. The summed E-state index contributed by atoms with van der Waals surface area (Å²) < 4.78 is 24.2. The standard InChI is InChI=1S/C21H20FN3O3/c1-2-27-16-4-3-5-17(12-16)28-15-8-6-14(7-9-15)13-24-21(26)18-10-11-19(22)25-20(18)23/h3-12H,2,13H2,1H3,(H2,23,25)(H,24,26). The Morgan fingerprint density at radius 3 is 2.54 bits per heavy atom. The van der Waals surface area contributed by atoms with Crippen molar-refractivity contribution in [2.75, 3.05) is 12.3 Å². The van der Waals surface area contributed by atoms with Gasteiger partial charge >= 0.3 is 0 Å². The summed E-state index contributed by atoms with van der Waals surface area (Å²) in [7, 11) is 0. The highest BCUT2D eigenvalue weighted by atomic mass is 19.1. The van der Waals surface area contributed by atoms with Gasteiger partial charge in [0.1, 0.15) is 23.1 Å². The van der Waals surface area contributed by atoms with E-state index < -0.39 is 11.9 Å². The fraction of sp³-hybridized carbons (Fsp3) is 0.143. The zero-order valence-electron chi connectivity index (χ0n) is 15.3. The lowest BCUT2D eigenvalue weighted by Gasteiger charge is -2.10. The van der Waals surface area contributed by atoms with E-state index in [4.69, 9.17) is 15.2 Å². The van der Waals surface area contributed by atoms with Crippen molar-refractivity contribution in [1.29, 1.82) is 0 Å². The van der Waals surface area contributed by atoms with Gasteiger partial charge in [0.25, 0.3) is 5.91 Å². The number of nitrogens with zero attached hydrogens (tertiary/aromatic N) is 1. The molecule has 0 radical (unpaired) electrons. The lowest BCUT2D eigenvalue weighted by molar-refractivity contribution is 0.0951. The van der Waals surface area contributed by atoms with Crippen LogP contribution in [-0.2, 0) is 6.54 Å². The number of nitrogen functional groups attached to an aromatic ring is 1. The molecule has 3 aromatic rings. The van der Waals surface area contributed by atoms with Crippen molar-refractivity contribution >= 4 is 11.7 Å². The van der Waals surface area contributed by atoms with E-state index in [1.54, 1.807) is 0 Å². The molecule has 0 aliphatic rings. The van der Waals surface area contributed by atoms with Crippen LogP contribution >= 0.6 is 0 Å². The Morgan fingerprint density at radius 2 is 1.82 bits per heavy atom. The third-order valence-electron chi connectivity index (χ3n) is 3.86. The molecule has 0 aliphatic carbocycles. The fourth-order valence-electron chi connectivity index (χ4n) is 2.53. The van der Waals surface area contributed by atoms with Crippen molar-refractivity contribution in [2.24, 2.45) is 0 Å². The maximum Gasteiger partial charge on any atom is 0.255 e. The average molecular weight is 381 g/mol. The van der Waals surface area contributed by atoms with Crippen LogP contribution in [0.1, 0.15) is 22.8 Å². The molecule has 0 unspecified atom stereocenters. The number of nitrogens with one attached hydrogen (secondary N) is 1. The number of benzene rings is 2. The number of halogens is 1. The first-order chi connectivity index (χ1) is 13.5. The van der Waals surface area contributed by atoms with E-state index in [0.717, 1.165) is 17.4 Å². The van der Waals surface area contributed by atoms with Crippen LogP contribution in [0.15, 0.2) is 60.7 Å². The number of nitrogens with two attached hydrogens (primary N) is 1.